The van der Waals surface area contributed by atoms with Crippen LogP contribution in [-0.4, -0.2) is 22.8 Å². The molecule has 0 saturated heterocycles. The number of anilines is 1. The van der Waals surface area contributed by atoms with Crippen LogP contribution in [0.2, 0.25) is 0 Å². The molecule has 0 unspecified atom stereocenters. The molecule has 0 aliphatic carbocycles. The Kier molecular flexibility index (Phi) is 4.66. The molecule has 0 aliphatic heterocycles. The third-order valence-electron chi connectivity index (χ3n) is 3.61. The number of aromatic nitrogens is 2. The maximum Gasteiger partial charge on any atom is 0.434 e. The van der Waals surface area contributed by atoms with Crippen LogP contribution in [0.1, 0.15) is 16.1 Å². The van der Waals surface area contributed by atoms with Crippen molar-refractivity contribution in [2.24, 2.45) is 0 Å². The molecule has 0 spiro atoms. The van der Waals surface area contributed by atoms with Gasteiger partial charge in [-0.05, 0) is 24.3 Å². The number of hydrogen-bond acceptors (Lipinski definition) is 3. The molecule has 0 saturated carbocycles. The van der Waals surface area contributed by atoms with E-state index in [2.05, 4.69) is 10.4 Å². The molecule has 2 aromatic carbocycles. The second kappa shape index (κ2) is 6.91. The monoisotopic (exact) mass is 361 g/mol. The number of nitrogens with zero attached hydrogens (tertiary/aromatic N) is 2. The van der Waals surface area contributed by atoms with E-state index in [0.29, 0.717) is 16.1 Å². The Balaban J connectivity index is 1.99. The number of ether oxygens (including phenoxy) is 1. The summed E-state index contributed by atoms with van der Waals surface area (Å²) in [6, 6.07) is 14.1. The lowest BCUT2D eigenvalue weighted by molar-refractivity contribution is -0.143. The van der Waals surface area contributed by atoms with E-state index < -0.39 is 23.3 Å². The Bertz CT molecular complexity index is 921. The summed E-state index contributed by atoms with van der Waals surface area (Å²) in [6.07, 6.45) is -3.85. The van der Waals surface area contributed by atoms with E-state index in [4.69, 9.17) is 4.74 Å². The van der Waals surface area contributed by atoms with E-state index in [1.54, 1.807) is 36.4 Å². The van der Waals surface area contributed by atoms with Crippen LogP contribution in [0, 0.1) is 0 Å². The van der Waals surface area contributed by atoms with Gasteiger partial charge in [0.2, 0.25) is 0 Å². The molecule has 1 aromatic heterocycles. The molecule has 8 heteroatoms. The summed E-state index contributed by atoms with van der Waals surface area (Å²) >= 11 is 0. The largest absolute Gasteiger partial charge is 0.497 e. The second-order valence-corrected chi connectivity index (χ2v) is 5.34. The number of amides is 1. The van der Waals surface area contributed by atoms with Crippen molar-refractivity contribution >= 4 is 11.6 Å². The van der Waals surface area contributed by atoms with Crippen molar-refractivity contribution in [3.05, 3.63) is 72.1 Å². The van der Waals surface area contributed by atoms with Gasteiger partial charge in [-0.2, -0.15) is 18.3 Å². The molecule has 3 rings (SSSR count). The molecule has 0 radical (unpaired) electrons. The fraction of sp³-hybridized carbons (Fsp3) is 0.111. The minimum Gasteiger partial charge on any atom is -0.497 e. The van der Waals surface area contributed by atoms with Crippen LogP contribution in [0.4, 0.5) is 18.9 Å². The number of carbonyl (C=O) groups is 1. The topological polar surface area (TPSA) is 56.1 Å². The number of hydrogen-bond donors (Lipinski definition) is 1. The first-order valence-corrected chi connectivity index (χ1v) is 7.56. The first-order chi connectivity index (χ1) is 12.4. The first kappa shape index (κ1) is 17.5. The minimum atomic E-state index is -4.76. The maximum absolute atomic E-state index is 13.6. The standard InChI is InChI=1S/C18H14F3N3O2/c1-26-14-9-5-6-12(10-14)23-17(25)15-11-22-24(16(15)18(19,20)21)13-7-3-2-4-8-13/h2-11H,1H3,(H,23,25). The molecule has 5 nitrogen and oxygen atoms in total. The average Bonchev–Trinajstić information content (AvgIpc) is 3.08. The molecule has 0 aliphatic rings. The predicted molar refractivity (Wildman–Crippen MR) is 89.5 cm³/mol. The average molecular weight is 361 g/mol. The van der Waals surface area contributed by atoms with Crippen LogP contribution in [0.25, 0.3) is 5.69 Å². The molecule has 1 amide bonds. The molecule has 1 heterocycles. The first-order valence-electron chi connectivity index (χ1n) is 7.56. The molecular weight excluding hydrogens is 347 g/mol. The van der Waals surface area contributed by atoms with Crippen molar-refractivity contribution in [2.45, 2.75) is 6.18 Å². The van der Waals surface area contributed by atoms with E-state index in [1.165, 1.54) is 25.3 Å². The Morgan fingerprint density at radius 2 is 1.85 bits per heavy atom. The van der Waals surface area contributed by atoms with Gasteiger partial charge in [-0.3, -0.25) is 4.79 Å². The summed E-state index contributed by atoms with van der Waals surface area (Å²) in [5.74, 6) is -0.438. The van der Waals surface area contributed by atoms with E-state index in [-0.39, 0.29) is 5.69 Å². The van der Waals surface area contributed by atoms with Crippen LogP contribution in [0.15, 0.2) is 60.8 Å². The normalized spacial score (nSPS) is 11.2. The Morgan fingerprint density at radius 3 is 2.50 bits per heavy atom. The van der Waals surface area contributed by atoms with Crippen LogP contribution < -0.4 is 10.1 Å². The number of nitrogens with one attached hydrogen (secondary N) is 1. The SMILES string of the molecule is COc1cccc(NC(=O)c2cnn(-c3ccccc3)c2C(F)(F)F)c1. The van der Waals surface area contributed by atoms with Crippen molar-refractivity contribution in [1.29, 1.82) is 0 Å². The lowest BCUT2D eigenvalue weighted by atomic mass is 10.2. The van der Waals surface area contributed by atoms with Gasteiger partial charge in [0.25, 0.3) is 5.91 Å². The molecule has 26 heavy (non-hydrogen) atoms. The van der Waals surface area contributed by atoms with E-state index >= 15 is 0 Å². The van der Waals surface area contributed by atoms with Gasteiger partial charge < -0.3 is 10.1 Å². The van der Waals surface area contributed by atoms with Gasteiger partial charge in [-0.25, -0.2) is 4.68 Å². The number of rotatable bonds is 4. The summed E-state index contributed by atoms with van der Waals surface area (Å²) in [5, 5.41) is 6.20. The Morgan fingerprint density at radius 1 is 1.12 bits per heavy atom. The van der Waals surface area contributed by atoms with Crippen LogP contribution in [0.3, 0.4) is 0 Å². The van der Waals surface area contributed by atoms with Crippen LogP contribution >= 0.6 is 0 Å². The van der Waals surface area contributed by atoms with Crippen LogP contribution in [-0.2, 0) is 6.18 Å². The lowest BCUT2D eigenvalue weighted by Gasteiger charge is -2.13. The second-order valence-electron chi connectivity index (χ2n) is 5.34. The molecule has 1 N–H and O–H groups in total. The fourth-order valence-electron chi connectivity index (χ4n) is 2.45. The number of benzene rings is 2. The summed E-state index contributed by atoms with van der Waals surface area (Å²) in [6.45, 7) is 0. The smallest absolute Gasteiger partial charge is 0.434 e. The van der Waals surface area contributed by atoms with Gasteiger partial charge in [0.1, 0.15) is 5.75 Å². The summed E-state index contributed by atoms with van der Waals surface area (Å²) in [7, 11) is 1.45. The summed E-state index contributed by atoms with van der Waals surface area (Å²) in [5.41, 5.74) is -1.18. The number of para-hydroxylation sites is 1. The highest BCUT2D eigenvalue weighted by Crippen LogP contribution is 2.34. The van der Waals surface area contributed by atoms with Crippen LogP contribution in [0.5, 0.6) is 5.75 Å². The number of halogens is 3. The van der Waals surface area contributed by atoms with Gasteiger partial charge in [-0.15, -0.1) is 0 Å². The predicted octanol–water partition coefficient (Wildman–Crippen LogP) is 4.15. The quantitative estimate of drug-likeness (QED) is 0.759. The highest BCUT2D eigenvalue weighted by Gasteiger charge is 2.40. The van der Waals surface area contributed by atoms with Crippen molar-refractivity contribution < 1.29 is 22.7 Å². The summed E-state index contributed by atoms with van der Waals surface area (Å²) < 4.78 is 46.5. The van der Waals surface area contributed by atoms with Gasteiger partial charge in [0.05, 0.1) is 24.6 Å². The van der Waals surface area contributed by atoms with Gasteiger partial charge in [0.15, 0.2) is 5.69 Å². The highest BCUT2D eigenvalue weighted by molar-refractivity contribution is 6.05. The van der Waals surface area contributed by atoms with Crippen molar-refractivity contribution in [3.63, 3.8) is 0 Å². The van der Waals surface area contributed by atoms with Crippen molar-refractivity contribution in [2.75, 3.05) is 12.4 Å². The third-order valence-corrected chi connectivity index (χ3v) is 3.61. The van der Waals surface area contributed by atoms with E-state index in [9.17, 15) is 18.0 Å². The van der Waals surface area contributed by atoms with Gasteiger partial charge in [0, 0.05) is 11.8 Å². The van der Waals surface area contributed by atoms with Crippen molar-refractivity contribution in [3.8, 4) is 11.4 Å². The zero-order valence-corrected chi connectivity index (χ0v) is 13.6. The molecular formula is C18H14F3N3O2. The van der Waals surface area contributed by atoms with Gasteiger partial charge >= 0.3 is 6.18 Å². The minimum absolute atomic E-state index is 0.209. The number of alkyl halides is 3. The highest BCUT2D eigenvalue weighted by atomic mass is 19.4. The van der Waals surface area contributed by atoms with Gasteiger partial charge in [-0.1, -0.05) is 24.3 Å². The zero-order chi connectivity index (χ0) is 18.7. The van der Waals surface area contributed by atoms with E-state index in [0.717, 1.165) is 6.20 Å². The summed E-state index contributed by atoms with van der Waals surface area (Å²) in [4.78, 5) is 12.4. The Hall–Kier alpha value is -3.29. The molecule has 0 fully saturated rings. The number of methoxy groups -OCH3 is 1. The maximum atomic E-state index is 13.6. The molecule has 0 bridgehead atoms. The molecule has 134 valence electrons. The molecule has 0 atom stereocenters. The lowest BCUT2D eigenvalue weighted by Crippen LogP contribution is -2.20. The fourth-order valence-corrected chi connectivity index (χ4v) is 2.45. The third kappa shape index (κ3) is 3.53. The Labute approximate surface area is 147 Å². The van der Waals surface area contributed by atoms with E-state index in [1.807, 2.05) is 0 Å². The molecule has 3 aromatic rings. The number of carbonyl (C=O) groups excluding carboxylic acids is 1. The zero-order valence-electron chi connectivity index (χ0n) is 13.6. The van der Waals surface area contributed by atoms with Crippen molar-refractivity contribution in [1.82, 2.24) is 9.78 Å².